The second kappa shape index (κ2) is 9.59. The highest BCUT2D eigenvalue weighted by atomic mass is 79.9. The molecule has 174 valence electrons. The summed E-state index contributed by atoms with van der Waals surface area (Å²) in [4.78, 5) is 11.2. The monoisotopic (exact) mass is 563 g/mol. The maximum Gasteiger partial charge on any atom is 0.130 e. The number of nitrogens with one attached hydrogen (secondary N) is 2. The molecule has 0 saturated heterocycles. The van der Waals surface area contributed by atoms with Gasteiger partial charge in [0.15, 0.2) is 0 Å². The second-order valence-corrected chi connectivity index (χ2v) is 12.9. The van der Waals surface area contributed by atoms with Crippen LogP contribution in [0, 0.1) is 34.0 Å². The Bertz CT molecular complexity index is 857. The molecule has 0 heterocycles. The lowest BCUT2D eigenvalue weighted by atomic mass is 9.62. The molecule has 2 N–H and O–H groups in total. The van der Waals surface area contributed by atoms with Gasteiger partial charge in [0.05, 0.1) is 4.83 Å². The first-order valence-corrected chi connectivity index (χ1v) is 14.0. The Morgan fingerprint density at radius 3 is 2.56 bits per heavy atom. The first kappa shape index (κ1) is 23.2. The highest BCUT2D eigenvalue weighted by Gasteiger charge is 2.57. The van der Waals surface area contributed by atoms with E-state index in [0.29, 0.717) is 17.9 Å². The van der Waals surface area contributed by atoms with Gasteiger partial charge in [-0.05, 0) is 86.2 Å². The molecule has 0 spiro atoms. The Morgan fingerprint density at radius 1 is 1.09 bits per heavy atom. The molecule has 6 aliphatic rings. The van der Waals surface area contributed by atoms with Crippen molar-refractivity contribution in [3.63, 3.8) is 0 Å². The highest BCUT2D eigenvalue weighted by Crippen LogP contribution is 2.67. The fourth-order valence-corrected chi connectivity index (χ4v) is 9.19. The van der Waals surface area contributed by atoms with Gasteiger partial charge in [-0.25, -0.2) is 0 Å². The summed E-state index contributed by atoms with van der Waals surface area (Å²) in [6, 6.07) is -0.335. The minimum Gasteiger partial charge on any atom is -0.315 e. The molecule has 6 aliphatic carbocycles. The maximum absolute atomic E-state index is 11.2. The molecule has 0 amide bonds. The van der Waals surface area contributed by atoms with Gasteiger partial charge in [-0.3, -0.25) is 0 Å². The van der Waals surface area contributed by atoms with Crippen molar-refractivity contribution in [2.45, 2.75) is 56.3 Å². The predicted molar refractivity (Wildman–Crippen MR) is 139 cm³/mol. The highest BCUT2D eigenvalue weighted by molar-refractivity contribution is 9.12. The SMILES string of the molecule is CC1=CC(CNCCNCC2=CC(Br)=CC(Br)C2N=O)CC(C23CC4CC(C2)C(C4)C3)=C1. The molecule has 0 aromatic heterocycles. The van der Waals surface area contributed by atoms with Crippen molar-refractivity contribution in [1.29, 1.82) is 0 Å². The van der Waals surface area contributed by atoms with E-state index in [1.165, 1.54) is 44.1 Å². The quantitative estimate of drug-likeness (QED) is 0.205. The number of hydrogen-bond donors (Lipinski definition) is 2. The van der Waals surface area contributed by atoms with Gasteiger partial charge in [0.1, 0.15) is 6.04 Å². The van der Waals surface area contributed by atoms with E-state index in [1.54, 1.807) is 5.57 Å². The fraction of sp³-hybridized carbons (Fsp3) is 0.692. The van der Waals surface area contributed by atoms with Gasteiger partial charge >= 0.3 is 0 Å². The molecule has 6 heteroatoms. The zero-order valence-corrected chi connectivity index (χ0v) is 22.1. The van der Waals surface area contributed by atoms with E-state index in [1.807, 2.05) is 12.2 Å². The molecule has 0 radical (unpaired) electrons. The summed E-state index contributed by atoms with van der Waals surface area (Å²) in [5.41, 5.74) is 4.82. The van der Waals surface area contributed by atoms with Crippen LogP contribution in [0.15, 0.2) is 50.7 Å². The van der Waals surface area contributed by atoms with Crippen molar-refractivity contribution in [2.75, 3.05) is 26.2 Å². The molecule has 4 nitrogen and oxygen atoms in total. The van der Waals surface area contributed by atoms with E-state index in [9.17, 15) is 4.91 Å². The van der Waals surface area contributed by atoms with Crippen molar-refractivity contribution in [1.82, 2.24) is 10.6 Å². The Labute approximate surface area is 209 Å². The number of hydrogen-bond acceptors (Lipinski definition) is 4. The van der Waals surface area contributed by atoms with E-state index in [4.69, 9.17) is 0 Å². The number of halogens is 2. The first-order chi connectivity index (χ1) is 15.5. The van der Waals surface area contributed by atoms with E-state index in [2.05, 4.69) is 66.7 Å². The molecule has 4 bridgehead atoms. The standard InChI is InChI=1S/C26H35Br2N3O/c1-16-4-18(8-22(5-16)26-11-17-6-19(12-26)20(7-17)13-26)14-29-2-3-30-15-21-9-23(27)10-24(28)25(21)31-32/h4-5,9-10,17-20,24-25,29-30H,2-3,6-8,11-15H2,1H3. The lowest BCUT2D eigenvalue weighted by Gasteiger charge is -2.42. The smallest absolute Gasteiger partial charge is 0.130 e. The number of nitrogens with zero attached hydrogens (tertiary/aromatic N) is 1. The minimum absolute atomic E-state index is 0.0393. The Balaban J connectivity index is 1.07. The van der Waals surface area contributed by atoms with Crippen LogP contribution in [0.1, 0.15) is 45.4 Å². The largest absolute Gasteiger partial charge is 0.315 e. The van der Waals surface area contributed by atoms with Gasteiger partial charge in [0, 0.05) is 30.7 Å². The van der Waals surface area contributed by atoms with Crippen LogP contribution in [0.2, 0.25) is 0 Å². The summed E-state index contributed by atoms with van der Waals surface area (Å²) >= 11 is 7.06. The summed E-state index contributed by atoms with van der Waals surface area (Å²) in [7, 11) is 0. The van der Waals surface area contributed by atoms with E-state index < -0.39 is 0 Å². The van der Waals surface area contributed by atoms with Gasteiger partial charge in [-0.15, -0.1) is 0 Å². The molecular formula is C26H35Br2N3O. The molecule has 6 rings (SSSR count). The number of rotatable bonds is 9. The predicted octanol–water partition coefficient (Wildman–Crippen LogP) is 6.00. The minimum atomic E-state index is -0.335. The van der Waals surface area contributed by atoms with E-state index in [0.717, 1.165) is 47.4 Å². The van der Waals surface area contributed by atoms with Crippen LogP contribution < -0.4 is 10.6 Å². The van der Waals surface area contributed by atoms with Crippen LogP contribution in [-0.2, 0) is 0 Å². The van der Waals surface area contributed by atoms with Crippen molar-refractivity contribution >= 4 is 31.9 Å². The molecule has 5 unspecified atom stereocenters. The molecule has 5 atom stereocenters. The Kier molecular flexibility index (Phi) is 6.95. The molecule has 0 aliphatic heterocycles. The summed E-state index contributed by atoms with van der Waals surface area (Å²) < 4.78 is 1.00. The third-order valence-electron chi connectivity index (χ3n) is 8.64. The van der Waals surface area contributed by atoms with E-state index >= 15 is 0 Å². The molecule has 0 aromatic rings. The maximum atomic E-state index is 11.2. The van der Waals surface area contributed by atoms with Gasteiger partial charge in [0.25, 0.3) is 0 Å². The van der Waals surface area contributed by atoms with Gasteiger partial charge in [0.2, 0.25) is 0 Å². The average molecular weight is 565 g/mol. The van der Waals surface area contributed by atoms with Crippen molar-refractivity contribution < 1.29 is 0 Å². The summed E-state index contributed by atoms with van der Waals surface area (Å²) in [5.74, 6) is 3.70. The van der Waals surface area contributed by atoms with Crippen LogP contribution in [-0.4, -0.2) is 37.0 Å². The zero-order valence-electron chi connectivity index (χ0n) is 19.0. The summed E-state index contributed by atoms with van der Waals surface area (Å²) in [6.07, 6.45) is 17.7. The molecule has 0 aromatic carbocycles. The number of alkyl halides is 1. The normalized spacial score (nSPS) is 40.1. The van der Waals surface area contributed by atoms with Crippen molar-refractivity contribution in [3.05, 3.63) is 50.4 Å². The van der Waals surface area contributed by atoms with E-state index in [-0.39, 0.29) is 10.9 Å². The van der Waals surface area contributed by atoms with Crippen LogP contribution in [0.5, 0.6) is 0 Å². The summed E-state index contributed by atoms with van der Waals surface area (Å²) in [6.45, 7) is 5.83. The van der Waals surface area contributed by atoms with Crippen LogP contribution >= 0.6 is 31.9 Å². The molecular weight excluding hydrogens is 530 g/mol. The van der Waals surface area contributed by atoms with Crippen LogP contribution in [0.4, 0.5) is 0 Å². The first-order valence-electron chi connectivity index (χ1n) is 12.3. The molecule has 4 fully saturated rings. The van der Waals surface area contributed by atoms with Crippen LogP contribution in [0.3, 0.4) is 0 Å². The third kappa shape index (κ3) is 4.67. The molecule has 4 saturated carbocycles. The van der Waals surface area contributed by atoms with Crippen molar-refractivity contribution in [3.8, 4) is 0 Å². The third-order valence-corrected chi connectivity index (χ3v) is 9.90. The summed E-state index contributed by atoms with van der Waals surface area (Å²) in [5, 5.41) is 10.4. The molecule has 32 heavy (non-hydrogen) atoms. The van der Waals surface area contributed by atoms with Gasteiger partial charge < -0.3 is 10.6 Å². The number of nitroso groups, excluding NO2 is 1. The zero-order chi connectivity index (χ0) is 22.3. The fourth-order valence-electron chi connectivity index (χ4n) is 7.54. The van der Waals surface area contributed by atoms with Crippen molar-refractivity contribution in [2.24, 2.45) is 34.3 Å². The number of allylic oxidation sites excluding steroid dienone is 5. The lowest BCUT2D eigenvalue weighted by molar-refractivity contribution is 0.178. The lowest BCUT2D eigenvalue weighted by Crippen LogP contribution is -2.35. The topological polar surface area (TPSA) is 53.5 Å². The second-order valence-electron chi connectivity index (χ2n) is 10.9. The van der Waals surface area contributed by atoms with Gasteiger partial charge in [-0.1, -0.05) is 66.4 Å². The Morgan fingerprint density at radius 2 is 1.84 bits per heavy atom. The average Bonchev–Trinajstić information content (AvgIpc) is 3.17. The Hall–Kier alpha value is -0.560. The van der Waals surface area contributed by atoms with Crippen LogP contribution in [0.25, 0.3) is 0 Å². The van der Waals surface area contributed by atoms with Gasteiger partial charge in [-0.2, -0.15) is 4.91 Å².